The maximum atomic E-state index is 9.55. The lowest BCUT2D eigenvalue weighted by atomic mass is 9.89. The molecule has 0 bridgehead atoms. The van der Waals surface area contributed by atoms with Gasteiger partial charge in [0.15, 0.2) is 0 Å². The molecule has 0 aromatic heterocycles. The zero-order chi connectivity index (χ0) is 13.7. The number of benzene rings is 2. The SMILES string of the molecule is COc1ccc2c(c1)N[C@@H]1c3ccc(O)cc3OC[C@H]21. The van der Waals surface area contributed by atoms with E-state index in [1.807, 2.05) is 18.2 Å². The van der Waals surface area contributed by atoms with Crippen molar-refractivity contribution in [1.82, 2.24) is 0 Å². The van der Waals surface area contributed by atoms with Gasteiger partial charge in [0.05, 0.1) is 19.8 Å². The van der Waals surface area contributed by atoms with Gasteiger partial charge >= 0.3 is 0 Å². The van der Waals surface area contributed by atoms with Crippen molar-refractivity contribution in [1.29, 1.82) is 0 Å². The molecule has 0 spiro atoms. The number of hydrogen-bond acceptors (Lipinski definition) is 4. The minimum Gasteiger partial charge on any atom is -0.508 e. The quantitative estimate of drug-likeness (QED) is 0.835. The molecule has 4 rings (SSSR count). The van der Waals surface area contributed by atoms with Crippen LogP contribution in [-0.2, 0) is 0 Å². The molecule has 4 heteroatoms. The summed E-state index contributed by atoms with van der Waals surface area (Å²) in [6, 6.07) is 11.6. The summed E-state index contributed by atoms with van der Waals surface area (Å²) < 4.78 is 11.1. The van der Waals surface area contributed by atoms with E-state index in [0.717, 1.165) is 22.7 Å². The molecule has 2 N–H and O–H groups in total. The molecule has 0 radical (unpaired) electrons. The Hall–Kier alpha value is -2.36. The summed E-state index contributed by atoms with van der Waals surface area (Å²) in [5.74, 6) is 2.15. The highest BCUT2D eigenvalue weighted by Gasteiger charge is 2.38. The Kier molecular flexibility index (Phi) is 2.33. The number of nitrogens with one attached hydrogen (secondary N) is 1. The summed E-state index contributed by atoms with van der Waals surface area (Å²) in [5.41, 5.74) is 3.45. The van der Waals surface area contributed by atoms with Crippen molar-refractivity contribution in [3.8, 4) is 17.2 Å². The predicted molar refractivity (Wildman–Crippen MR) is 75.7 cm³/mol. The van der Waals surface area contributed by atoms with Gasteiger partial charge in [-0.3, -0.25) is 0 Å². The summed E-state index contributed by atoms with van der Waals surface area (Å²) in [7, 11) is 1.67. The number of aromatic hydroxyl groups is 1. The molecule has 2 atom stereocenters. The minimum atomic E-state index is 0.196. The van der Waals surface area contributed by atoms with Crippen LogP contribution in [0, 0.1) is 0 Å². The Labute approximate surface area is 117 Å². The molecule has 0 saturated heterocycles. The molecule has 0 amide bonds. The Morgan fingerprint density at radius 1 is 1.20 bits per heavy atom. The fourth-order valence-corrected chi connectivity index (χ4v) is 3.12. The van der Waals surface area contributed by atoms with E-state index in [1.54, 1.807) is 19.2 Å². The van der Waals surface area contributed by atoms with E-state index in [4.69, 9.17) is 9.47 Å². The number of methoxy groups -OCH3 is 1. The lowest BCUT2D eigenvalue weighted by Gasteiger charge is -2.29. The Balaban J connectivity index is 1.78. The molecule has 0 fully saturated rings. The average Bonchev–Trinajstić information content (AvgIpc) is 2.84. The summed E-state index contributed by atoms with van der Waals surface area (Å²) in [6.45, 7) is 0.619. The highest BCUT2D eigenvalue weighted by Crippen LogP contribution is 2.50. The normalized spacial score (nSPS) is 22.1. The number of anilines is 1. The first-order chi connectivity index (χ1) is 9.76. The van der Waals surface area contributed by atoms with Gasteiger partial charge in [0.25, 0.3) is 0 Å². The van der Waals surface area contributed by atoms with Crippen molar-refractivity contribution in [2.24, 2.45) is 0 Å². The maximum Gasteiger partial charge on any atom is 0.128 e. The van der Waals surface area contributed by atoms with Crippen molar-refractivity contribution in [3.63, 3.8) is 0 Å². The van der Waals surface area contributed by atoms with Gasteiger partial charge in [0.1, 0.15) is 17.2 Å². The van der Waals surface area contributed by atoms with E-state index in [-0.39, 0.29) is 11.8 Å². The second kappa shape index (κ2) is 4.07. The first-order valence-electron chi connectivity index (χ1n) is 6.66. The first-order valence-corrected chi connectivity index (χ1v) is 6.66. The second-order valence-electron chi connectivity index (χ2n) is 5.21. The zero-order valence-electron chi connectivity index (χ0n) is 11.1. The molecule has 0 unspecified atom stereocenters. The minimum absolute atomic E-state index is 0.196. The Morgan fingerprint density at radius 3 is 2.90 bits per heavy atom. The van der Waals surface area contributed by atoms with Crippen molar-refractivity contribution >= 4 is 5.69 Å². The van der Waals surface area contributed by atoms with Crippen molar-refractivity contribution in [2.45, 2.75) is 12.0 Å². The van der Waals surface area contributed by atoms with E-state index < -0.39 is 0 Å². The third kappa shape index (κ3) is 1.54. The van der Waals surface area contributed by atoms with Crippen LogP contribution in [0.5, 0.6) is 17.2 Å². The number of fused-ring (bicyclic) bond motifs is 5. The van der Waals surface area contributed by atoms with Gasteiger partial charge < -0.3 is 19.9 Å². The van der Waals surface area contributed by atoms with Crippen LogP contribution in [0.1, 0.15) is 23.1 Å². The lowest BCUT2D eigenvalue weighted by molar-refractivity contribution is 0.250. The van der Waals surface area contributed by atoms with Crippen LogP contribution in [-0.4, -0.2) is 18.8 Å². The van der Waals surface area contributed by atoms with Crippen LogP contribution in [0.3, 0.4) is 0 Å². The summed E-state index contributed by atoms with van der Waals surface area (Å²) >= 11 is 0. The predicted octanol–water partition coefficient (Wildman–Crippen LogP) is 3.04. The van der Waals surface area contributed by atoms with Crippen LogP contribution in [0.15, 0.2) is 36.4 Å². The number of rotatable bonds is 1. The largest absolute Gasteiger partial charge is 0.508 e. The molecule has 4 nitrogen and oxygen atoms in total. The molecule has 102 valence electrons. The molecule has 0 aliphatic carbocycles. The van der Waals surface area contributed by atoms with Crippen LogP contribution in [0.4, 0.5) is 5.69 Å². The maximum absolute atomic E-state index is 9.55. The smallest absolute Gasteiger partial charge is 0.128 e. The standard InChI is InChI=1S/C16H15NO3/c1-19-10-3-5-11-13-8-20-15-6-9(18)2-4-12(15)16(13)17-14(11)7-10/h2-7,13,16-18H,8H2,1H3/t13-,16-/m1/s1. The van der Waals surface area contributed by atoms with Gasteiger partial charge in [-0.15, -0.1) is 0 Å². The molecule has 2 aromatic rings. The summed E-state index contributed by atoms with van der Waals surface area (Å²) in [4.78, 5) is 0. The topological polar surface area (TPSA) is 50.7 Å². The van der Waals surface area contributed by atoms with E-state index in [2.05, 4.69) is 11.4 Å². The third-order valence-electron chi connectivity index (χ3n) is 4.12. The van der Waals surface area contributed by atoms with Crippen LogP contribution in [0.2, 0.25) is 0 Å². The average molecular weight is 269 g/mol. The molecule has 2 aliphatic rings. The number of hydrogen-bond donors (Lipinski definition) is 2. The number of phenols is 1. The van der Waals surface area contributed by atoms with Crippen molar-refractivity contribution < 1.29 is 14.6 Å². The van der Waals surface area contributed by atoms with E-state index in [9.17, 15) is 5.11 Å². The van der Waals surface area contributed by atoms with Gasteiger partial charge in [-0.25, -0.2) is 0 Å². The molecule has 0 saturated carbocycles. The Morgan fingerprint density at radius 2 is 2.05 bits per heavy atom. The zero-order valence-corrected chi connectivity index (χ0v) is 11.1. The molecule has 2 aromatic carbocycles. The summed E-state index contributed by atoms with van der Waals surface area (Å²) in [5, 5.41) is 13.1. The molecule has 2 heterocycles. The van der Waals surface area contributed by atoms with Gasteiger partial charge in [-0.05, 0) is 23.8 Å². The highest BCUT2D eigenvalue weighted by molar-refractivity contribution is 5.65. The highest BCUT2D eigenvalue weighted by atomic mass is 16.5. The van der Waals surface area contributed by atoms with Gasteiger partial charge in [-0.2, -0.15) is 0 Å². The van der Waals surface area contributed by atoms with Gasteiger partial charge in [0.2, 0.25) is 0 Å². The number of ether oxygens (including phenoxy) is 2. The fraction of sp³-hybridized carbons (Fsp3) is 0.250. The van der Waals surface area contributed by atoms with Gasteiger partial charge in [-0.1, -0.05) is 6.07 Å². The monoisotopic (exact) mass is 269 g/mol. The molecular weight excluding hydrogens is 254 g/mol. The van der Waals surface area contributed by atoms with E-state index in [0.29, 0.717) is 12.5 Å². The number of phenolic OH excluding ortho intramolecular Hbond substituents is 1. The molecule has 2 aliphatic heterocycles. The Bertz CT molecular complexity index is 683. The fourth-order valence-electron chi connectivity index (χ4n) is 3.12. The van der Waals surface area contributed by atoms with Crippen molar-refractivity contribution in [3.05, 3.63) is 47.5 Å². The van der Waals surface area contributed by atoms with Crippen molar-refractivity contribution in [2.75, 3.05) is 19.0 Å². The first kappa shape index (κ1) is 11.5. The molecular formula is C16H15NO3. The summed E-state index contributed by atoms with van der Waals surface area (Å²) in [6.07, 6.45) is 0. The van der Waals surface area contributed by atoms with Crippen LogP contribution in [0.25, 0.3) is 0 Å². The second-order valence-corrected chi connectivity index (χ2v) is 5.21. The van der Waals surface area contributed by atoms with Crippen LogP contribution < -0.4 is 14.8 Å². The molecule has 20 heavy (non-hydrogen) atoms. The third-order valence-corrected chi connectivity index (χ3v) is 4.12. The van der Waals surface area contributed by atoms with E-state index in [1.165, 1.54) is 5.56 Å². The van der Waals surface area contributed by atoms with Gasteiger partial charge in [0, 0.05) is 29.3 Å². The van der Waals surface area contributed by atoms with Crippen LogP contribution >= 0.6 is 0 Å². The van der Waals surface area contributed by atoms with E-state index >= 15 is 0 Å². The lowest BCUT2D eigenvalue weighted by Crippen LogP contribution is -2.23.